The third-order valence-corrected chi connectivity index (χ3v) is 3.46. The van der Waals surface area contributed by atoms with E-state index >= 15 is 0 Å². The van der Waals surface area contributed by atoms with E-state index < -0.39 is 0 Å². The van der Waals surface area contributed by atoms with Gasteiger partial charge < -0.3 is 10.6 Å². The lowest BCUT2D eigenvalue weighted by atomic mass is 10.1. The van der Waals surface area contributed by atoms with Crippen LogP contribution in [0.3, 0.4) is 0 Å². The fraction of sp³-hybridized carbons (Fsp3) is 0.636. The van der Waals surface area contributed by atoms with Gasteiger partial charge in [-0.1, -0.05) is 19.3 Å². The van der Waals surface area contributed by atoms with Crippen molar-refractivity contribution in [1.29, 1.82) is 0 Å². The molecule has 2 rings (SSSR count). The molecule has 0 saturated carbocycles. The van der Waals surface area contributed by atoms with E-state index in [1.54, 1.807) is 6.20 Å². The summed E-state index contributed by atoms with van der Waals surface area (Å²) in [6.07, 6.45) is 8.19. The van der Waals surface area contributed by atoms with Crippen LogP contribution in [0, 0.1) is 0 Å². The molecule has 0 radical (unpaired) electrons. The molecule has 1 saturated heterocycles. The van der Waals surface area contributed by atoms with Crippen LogP contribution in [0.15, 0.2) is 10.7 Å². The minimum absolute atomic E-state index is 0.347. The number of aromatic nitrogens is 2. The van der Waals surface area contributed by atoms with Gasteiger partial charge in [0.25, 0.3) is 0 Å². The average Bonchev–Trinajstić information content (AvgIpc) is 2.22. The van der Waals surface area contributed by atoms with E-state index in [0.29, 0.717) is 5.95 Å². The van der Waals surface area contributed by atoms with Gasteiger partial charge in [-0.25, -0.2) is 4.98 Å². The molecule has 0 spiro atoms. The molecule has 16 heavy (non-hydrogen) atoms. The number of nitrogen functional groups attached to an aromatic ring is 1. The Morgan fingerprint density at radius 3 is 2.44 bits per heavy atom. The maximum atomic E-state index is 5.63. The molecule has 0 bridgehead atoms. The van der Waals surface area contributed by atoms with Crippen molar-refractivity contribution in [1.82, 2.24) is 9.97 Å². The maximum absolute atomic E-state index is 5.63. The summed E-state index contributed by atoms with van der Waals surface area (Å²) in [6.45, 7) is 2.13. The first kappa shape index (κ1) is 11.6. The summed E-state index contributed by atoms with van der Waals surface area (Å²) in [6, 6.07) is 0. The van der Waals surface area contributed by atoms with E-state index in [2.05, 4.69) is 30.8 Å². The predicted molar refractivity (Wildman–Crippen MR) is 69.4 cm³/mol. The van der Waals surface area contributed by atoms with Crippen molar-refractivity contribution in [3.05, 3.63) is 10.7 Å². The van der Waals surface area contributed by atoms with Gasteiger partial charge in [-0.05, 0) is 28.8 Å². The maximum Gasteiger partial charge on any atom is 0.222 e. The molecular weight excluding hydrogens is 268 g/mol. The van der Waals surface area contributed by atoms with Gasteiger partial charge >= 0.3 is 0 Å². The SMILES string of the molecule is Nc1ncc(Br)c(N2CCCCCCC2)n1. The van der Waals surface area contributed by atoms with E-state index in [0.717, 1.165) is 23.4 Å². The van der Waals surface area contributed by atoms with Crippen LogP contribution in [0.4, 0.5) is 11.8 Å². The van der Waals surface area contributed by atoms with Gasteiger partial charge in [0.15, 0.2) is 0 Å². The molecule has 0 amide bonds. The summed E-state index contributed by atoms with van der Waals surface area (Å²) < 4.78 is 0.933. The second-order valence-electron chi connectivity index (χ2n) is 4.15. The number of hydrogen-bond acceptors (Lipinski definition) is 4. The van der Waals surface area contributed by atoms with Crippen LogP contribution in [-0.2, 0) is 0 Å². The lowest BCUT2D eigenvalue weighted by Gasteiger charge is -2.26. The van der Waals surface area contributed by atoms with Crippen molar-refractivity contribution in [2.75, 3.05) is 23.7 Å². The molecular formula is C11H17BrN4. The fourth-order valence-electron chi connectivity index (χ4n) is 2.05. The van der Waals surface area contributed by atoms with Crippen molar-refractivity contribution >= 4 is 27.7 Å². The van der Waals surface area contributed by atoms with Gasteiger partial charge in [0.05, 0.1) is 4.47 Å². The zero-order chi connectivity index (χ0) is 11.4. The highest BCUT2D eigenvalue weighted by molar-refractivity contribution is 9.10. The van der Waals surface area contributed by atoms with Crippen molar-refractivity contribution in [3.8, 4) is 0 Å². The van der Waals surface area contributed by atoms with E-state index in [1.165, 1.54) is 32.1 Å². The Bertz CT molecular complexity index is 348. The van der Waals surface area contributed by atoms with Crippen molar-refractivity contribution in [2.24, 2.45) is 0 Å². The van der Waals surface area contributed by atoms with Crippen LogP contribution in [-0.4, -0.2) is 23.1 Å². The van der Waals surface area contributed by atoms with Gasteiger partial charge in [0, 0.05) is 19.3 Å². The molecule has 1 aliphatic heterocycles. The Morgan fingerprint density at radius 2 is 1.75 bits per heavy atom. The van der Waals surface area contributed by atoms with Gasteiger partial charge in [0.2, 0.25) is 5.95 Å². The van der Waals surface area contributed by atoms with Crippen LogP contribution < -0.4 is 10.6 Å². The molecule has 5 heteroatoms. The van der Waals surface area contributed by atoms with E-state index in [1.807, 2.05) is 0 Å². The van der Waals surface area contributed by atoms with Crippen molar-refractivity contribution in [2.45, 2.75) is 32.1 Å². The van der Waals surface area contributed by atoms with Crippen molar-refractivity contribution < 1.29 is 0 Å². The second kappa shape index (κ2) is 5.48. The van der Waals surface area contributed by atoms with Crippen LogP contribution in [0.5, 0.6) is 0 Å². The van der Waals surface area contributed by atoms with Crippen LogP contribution in [0.1, 0.15) is 32.1 Å². The lowest BCUT2D eigenvalue weighted by molar-refractivity contribution is 0.553. The minimum atomic E-state index is 0.347. The van der Waals surface area contributed by atoms with Gasteiger partial charge in [-0.2, -0.15) is 4.98 Å². The quantitative estimate of drug-likeness (QED) is 0.861. The molecule has 1 aromatic rings. The van der Waals surface area contributed by atoms with E-state index in [9.17, 15) is 0 Å². The van der Waals surface area contributed by atoms with Crippen LogP contribution in [0.2, 0.25) is 0 Å². The molecule has 4 nitrogen and oxygen atoms in total. The zero-order valence-electron chi connectivity index (χ0n) is 9.32. The molecule has 2 N–H and O–H groups in total. The summed E-state index contributed by atoms with van der Waals surface area (Å²) in [4.78, 5) is 10.6. The third kappa shape index (κ3) is 2.84. The molecule has 2 heterocycles. The summed E-state index contributed by atoms with van der Waals surface area (Å²) in [5.41, 5.74) is 5.63. The summed E-state index contributed by atoms with van der Waals surface area (Å²) in [7, 11) is 0. The molecule has 0 atom stereocenters. The standard InChI is InChI=1S/C11H17BrN4/c12-9-8-14-11(13)15-10(9)16-6-4-2-1-3-5-7-16/h8H,1-7H2,(H2,13,14,15). The van der Waals surface area contributed by atoms with Gasteiger partial charge in [-0.15, -0.1) is 0 Å². The summed E-state index contributed by atoms with van der Waals surface area (Å²) in [5.74, 6) is 1.29. The molecule has 88 valence electrons. The number of nitrogens with two attached hydrogens (primary N) is 1. The molecule has 0 unspecified atom stereocenters. The highest BCUT2D eigenvalue weighted by atomic mass is 79.9. The average molecular weight is 285 g/mol. The Labute approximate surface area is 104 Å². The second-order valence-corrected chi connectivity index (χ2v) is 5.01. The Kier molecular flexibility index (Phi) is 3.98. The summed E-state index contributed by atoms with van der Waals surface area (Å²) in [5, 5.41) is 0. The Hall–Kier alpha value is -0.840. The van der Waals surface area contributed by atoms with Gasteiger partial charge in [-0.3, -0.25) is 0 Å². The molecule has 1 aliphatic rings. The van der Waals surface area contributed by atoms with Gasteiger partial charge in [0.1, 0.15) is 5.82 Å². The number of halogens is 1. The smallest absolute Gasteiger partial charge is 0.222 e. The number of anilines is 2. The zero-order valence-corrected chi connectivity index (χ0v) is 10.9. The van der Waals surface area contributed by atoms with Crippen LogP contribution in [0.25, 0.3) is 0 Å². The largest absolute Gasteiger partial charge is 0.368 e. The Balaban J connectivity index is 2.16. The highest BCUT2D eigenvalue weighted by Crippen LogP contribution is 2.25. The first-order valence-electron chi connectivity index (χ1n) is 5.80. The Morgan fingerprint density at radius 1 is 1.12 bits per heavy atom. The molecule has 0 aliphatic carbocycles. The first-order valence-corrected chi connectivity index (χ1v) is 6.59. The normalized spacial score (nSPS) is 17.9. The van der Waals surface area contributed by atoms with E-state index in [-0.39, 0.29) is 0 Å². The fourth-order valence-corrected chi connectivity index (χ4v) is 2.49. The first-order chi connectivity index (χ1) is 7.77. The summed E-state index contributed by atoms with van der Waals surface area (Å²) >= 11 is 3.49. The number of rotatable bonds is 1. The van der Waals surface area contributed by atoms with E-state index in [4.69, 9.17) is 5.73 Å². The third-order valence-electron chi connectivity index (χ3n) is 2.90. The van der Waals surface area contributed by atoms with Crippen molar-refractivity contribution in [3.63, 3.8) is 0 Å². The minimum Gasteiger partial charge on any atom is -0.368 e. The topological polar surface area (TPSA) is 55.0 Å². The lowest BCUT2D eigenvalue weighted by Crippen LogP contribution is -2.28. The van der Waals surface area contributed by atoms with Crippen LogP contribution >= 0.6 is 15.9 Å². The number of hydrogen-bond donors (Lipinski definition) is 1. The monoisotopic (exact) mass is 284 g/mol. The molecule has 0 aromatic carbocycles. The predicted octanol–water partition coefficient (Wildman–Crippen LogP) is 2.59. The highest BCUT2D eigenvalue weighted by Gasteiger charge is 2.13. The number of nitrogens with zero attached hydrogens (tertiary/aromatic N) is 3. The molecule has 1 aromatic heterocycles. The molecule has 1 fully saturated rings.